The van der Waals surface area contributed by atoms with Crippen LogP contribution >= 0.6 is 0 Å². The van der Waals surface area contributed by atoms with Crippen LogP contribution in [0.15, 0.2) is 66.0 Å². The molecule has 2 aliphatic rings. The van der Waals surface area contributed by atoms with Crippen molar-refractivity contribution in [2.24, 2.45) is 0 Å². The number of benzene rings is 2. The Labute approximate surface area is 172 Å². The third kappa shape index (κ3) is 2.84. The average molecular weight is 399 g/mol. The number of hydrogen-bond acceptors (Lipinski definition) is 6. The lowest BCUT2D eigenvalue weighted by Gasteiger charge is -2.30. The SMILES string of the molecule is CC1=C(C(=O)Nc2ccccc2)C(c2ccc3c(c2)OCO3)n2ncc(C#N)c2N1. The van der Waals surface area contributed by atoms with Gasteiger partial charge in [-0.2, -0.15) is 10.4 Å². The number of aromatic nitrogens is 2. The highest BCUT2D eigenvalue weighted by Gasteiger charge is 2.35. The highest BCUT2D eigenvalue weighted by Crippen LogP contribution is 2.41. The second-order valence-electron chi connectivity index (χ2n) is 6.96. The predicted molar refractivity (Wildman–Crippen MR) is 109 cm³/mol. The molecule has 1 amide bonds. The van der Waals surface area contributed by atoms with Crippen LogP contribution in [0.4, 0.5) is 11.5 Å². The summed E-state index contributed by atoms with van der Waals surface area (Å²) in [6, 6.07) is 16.4. The first-order valence-electron chi connectivity index (χ1n) is 9.37. The topological polar surface area (TPSA) is 101 Å². The van der Waals surface area contributed by atoms with Crippen LogP contribution in [0.3, 0.4) is 0 Å². The molecule has 0 spiro atoms. The van der Waals surface area contributed by atoms with Crippen molar-refractivity contribution in [2.45, 2.75) is 13.0 Å². The highest BCUT2D eigenvalue weighted by atomic mass is 16.7. The maximum Gasteiger partial charge on any atom is 0.255 e. The van der Waals surface area contributed by atoms with Crippen LogP contribution in [0.1, 0.15) is 24.1 Å². The fourth-order valence-corrected chi connectivity index (χ4v) is 3.74. The third-order valence-electron chi connectivity index (χ3n) is 5.13. The molecule has 0 saturated heterocycles. The Kier molecular flexibility index (Phi) is 4.14. The molecular formula is C22H17N5O3. The summed E-state index contributed by atoms with van der Waals surface area (Å²) in [7, 11) is 0. The summed E-state index contributed by atoms with van der Waals surface area (Å²) in [4.78, 5) is 13.3. The molecule has 1 aromatic heterocycles. The van der Waals surface area contributed by atoms with Gasteiger partial charge in [-0.05, 0) is 36.8 Å². The van der Waals surface area contributed by atoms with Crippen LogP contribution < -0.4 is 20.1 Å². The van der Waals surface area contributed by atoms with Crippen LogP contribution in [0.2, 0.25) is 0 Å². The van der Waals surface area contributed by atoms with Gasteiger partial charge in [-0.25, -0.2) is 4.68 Å². The van der Waals surface area contributed by atoms with Crippen LogP contribution in [0.5, 0.6) is 11.5 Å². The Hall–Kier alpha value is -4.25. The molecule has 2 N–H and O–H groups in total. The fourth-order valence-electron chi connectivity index (χ4n) is 3.74. The number of ether oxygens (including phenoxy) is 2. The molecule has 0 radical (unpaired) electrons. The summed E-state index contributed by atoms with van der Waals surface area (Å²) in [6.07, 6.45) is 1.49. The van der Waals surface area contributed by atoms with Gasteiger partial charge in [-0.15, -0.1) is 0 Å². The largest absolute Gasteiger partial charge is 0.454 e. The quantitative estimate of drug-likeness (QED) is 0.700. The molecule has 0 saturated carbocycles. The number of allylic oxidation sites excluding steroid dienone is 1. The van der Waals surface area contributed by atoms with Gasteiger partial charge in [-0.3, -0.25) is 4.79 Å². The molecule has 148 valence electrons. The van der Waals surface area contributed by atoms with E-state index in [4.69, 9.17) is 9.47 Å². The summed E-state index contributed by atoms with van der Waals surface area (Å²) in [5, 5.41) is 20.0. The fraction of sp³-hybridized carbons (Fsp3) is 0.136. The molecule has 8 nitrogen and oxygen atoms in total. The molecule has 8 heteroatoms. The number of carbonyl (C=O) groups excluding carboxylic acids is 1. The Morgan fingerprint density at radius 3 is 2.83 bits per heavy atom. The van der Waals surface area contributed by atoms with Crippen molar-refractivity contribution in [3.05, 3.63) is 77.1 Å². The second-order valence-corrected chi connectivity index (χ2v) is 6.96. The maximum atomic E-state index is 13.3. The Morgan fingerprint density at radius 2 is 2.03 bits per heavy atom. The first-order chi connectivity index (χ1) is 14.7. The van der Waals surface area contributed by atoms with E-state index in [-0.39, 0.29) is 12.7 Å². The number of carbonyl (C=O) groups is 1. The first kappa shape index (κ1) is 17.8. The van der Waals surface area contributed by atoms with Crippen LogP contribution in [0.25, 0.3) is 0 Å². The van der Waals surface area contributed by atoms with Gasteiger partial charge >= 0.3 is 0 Å². The summed E-state index contributed by atoms with van der Waals surface area (Å²) < 4.78 is 12.6. The van der Waals surface area contributed by atoms with E-state index in [0.717, 1.165) is 5.56 Å². The number of para-hydroxylation sites is 1. The molecular weight excluding hydrogens is 382 g/mol. The lowest BCUT2D eigenvalue weighted by molar-refractivity contribution is -0.113. The van der Waals surface area contributed by atoms with Crippen molar-refractivity contribution in [3.63, 3.8) is 0 Å². The smallest absolute Gasteiger partial charge is 0.255 e. The summed E-state index contributed by atoms with van der Waals surface area (Å²) >= 11 is 0. The number of nitrogens with zero attached hydrogens (tertiary/aromatic N) is 3. The lowest BCUT2D eigenvalue weighted by atomic mass is 9.94. The Morgan fingerprint density at radius 1 is 1.23 bits per heavy atom. The molecule has 2 aromatic carbocycles. The van der Waals surface area contributed by atoms with Gasteiger partial charge in [0.15, 0.2) is 11.5 Å². The van der Waals surface area contributed by atoms with Gasteiger partial charge in [0, 0.05) is 11.4 Å². The van der Waals surface area contributed by atoms with E-state index in [2.05, 4.69) is 21.8 Å². The third-order valence-corrected chi connectivity index (χ3v) is 5.13. The number of rotatable bonds is 3. The molecule has 30 heavy (non-hydrogen) atoms. The van der Waals surface area contributed by atoms with E-state index in [1.807, 2.05) is 55.5 Å². The monoisotopic (exact) mass is 399 g/mol. The van der Waals surface area contributed by atoms with Gasteiger partial charge in [0.25, 0.3) is 5.91 Å². The van der Waals surface area contributed by atoms with Gasteiger partial charge in [0.1, 0.15) is 23.5 Å². The Bertz CT molecular complexity index is 1220. The minimum Gasteiger partial charge on any atom is -0.454 e. The normalized spacial score (nSPS) is 16.5. The number of hydrogen-bond donors (Lipinski definition) is 2. The van der Waals surface area contributed by atoms with Crippen molar-refractivity contribution in [3.8, 4) is 17.6 Å². The van der Waals surface area contributed by atoms with Crippen molar-refractivity contribution in [1.29, 1.82) is 5.26 Å². The van der Waals surface area contributed by atoms with E-state index in [0.29, 0.717) is 39.8 Å². The lowest BCUT2D eigenvalue weighted by Crippen LogP contribution is -2.31. The average Bonchev–Trinajstić information content (AvgIpc) is 3.39. The van der Waals surface area contributed by atoms with Crippen LogP contribution in [-0.2, 0) is 4.79 Å². The summed E-state index contributed by atoms with van der Waals surface area (Å²) in [5.41, 5.74) is 3.04. The molecule has 3 heterocycles. The highest BCUT2D eigenvalue weighted by molar-refractivity contribution is 6.06. The number of nitrogens with one attached hydrogen (secondary N) is 2. The van der Waals surface area contributed by atoms with Crippen molar-refractivity contribution in [1.82, 2.24) is 9.78 Å². The Balaban J connectivity index is 1.62. The van der Waals surface area contributed by atoms with Gasteiger partial charge in [0.2, 0.25) is 6.79 Å². The predicted octanol–water partition coefficient (Wildman–Crippen LogP) is 3.41. The number of amides is 1. The van der Waals surface area contributed by atoms with Crippen LogP contribution in [0, 0.1) is 11.3 Å². The second kappa shape index (κ2) is 6.97. The van der Waals surface area contributed by atoms with E-state index in [1.54, 1.807) is 4.68 Å². The maximum absolute atomic E-state index is 13.3. The van der Waals surface area contributed by atoms with E-state index in [9.17, 15) is 10.1 Å². The van der Waals surface area contributed by atoms with Gasteiger partial charge < -0.3 is 20.1 Å². The first-order valence-corrected chi connectivity index (χ1v) is 9.37. The molecule has 1 unspecified atom stereocenters. The van der Waals surface area contributed by atoms with E-state index >= 15 is 0 Å². The minimum absolute atomic E-state index is 0.160. The van der Waals surface area contributed by atoms with Crippen LogP contribution in [-0.4, -0.2) is 22.5 Å². The molecule has 5 rings (SSSR count). The summed E-state index contributed by atoms with van der Waals surface area (Å²) in [5.74, 6) is 1.56. The van der Waals surface area contributed by atoms with E-state index in [1.165, 1.54) is 6.20 Å². The number of fused-ring (bicyclic) bond motifs is 2. The molecule has 0 fully saturated rings. The van der Waals surface area contributed by atoms with Crippen molar-refractivity contribution in [2.75, 3.05) is 17.4 Å². The summed E-state index contributed by atoms with van der Waals surface area (Å²) in [6.45, 7) is 1.98. The molecule has 0 bridgehead atoms. The number of nitriles is 1. The molecule has 0 aliphatic carbocycles. The van der Waals surface area contributed by atoms with Gasteiger partial charge in [-0.1, -0.05) is 24.3 Å². The minimum atomic E-state index is -0.540. The molecule has 1 atom stereocenters. The molecule has 3 aromatic rings. The van der Waals surface area contributed by atoms with Gasteiger partial charge in [0.05, 0.1) is 11.8 Å². The van der Waals surface area contributed by atoms with E-state index < -0.39 is 6.04 Å². The van der Waals surface area contributed by atoms with Crippen molar-refractivity contribution < 1.29 is 14.3 Å². The molecule has 2 aliphatic heterocycles. The van der Waals surface area contributed by atoms with Crippen molar-refractivity contribution >= 4 is 17.4 Å². The zero-order valence-corrected chi connectivity index (χ0v) is 16.0. The zero-order chi connectivity index (χ0) is 20.7. The standard InChI is InChI=1S/C22H17N5O3/c1-13-19(22(28)26-16-5-3-2-4-6-16)20(27-21(25-13)15(10-23)11-24-27)14-7-8-17-18(9-14)30-12-29-17/h2-9,11,20,25H,12H2,1H3,(H,26,28). The zero-order valence-electron chi connectivity index (χ0n) is 16.0. The number of anilines is 2.